The summed E-state index contributed by atoms with van der Waals surface area (Å²) in [4.78, 5) is 29.1. The van der Waals surface area contributed by atoms with Gasteiger partial charge in [0.2, 0.25) is 11.8 Å². The molecule has 0 saturated heterocycles. The Morgan fingerprint density at radius 3 is 2.33 bits per heavy atom. The number of nitrogens with zero attached hydrogens (tertiary/aromatic N) is 1. The first-order chi connectivity index (χ1) is 18.9. The monoisotopic (exact) mass is 570 g/mol. The minimum absolute atomic E-state index is 0.0356. The van der Waals surface area contributed by atoms with E-state index in [2.05, 4.69) is 5.32 Å². The molecule has 1 fully saturated rings. The van der Waals surface area contributed by atoms with Crippen LogP contribution in [0.5, 0.6) is 0 Å². The molecular formula is C31H33ClF2N2O2S. The largest absolute Gasteiger partial charge is 0.352 e. The van der Waals surface area contributed by atoms with Crippen LogP contribution < -0.4 is 5.32 Å². The van der Waals surface area contributed by atoms with Gasteiger partial charge in [-0.25, -0.2) is 8.78 Å². The molecule has 1 N–H and O–H groups in total. The first-order valence-corrected chi connectivity index (χ1v) is 14.8. The quantitative estimate of drug-likeness (QED) is 0.272. The summed E-state index contributed by atoms with van der Waals surface area (Å²) in [5, 5.41) is 3.51. The van der Waals surface area contributed by atoms with Gasteiger partial charge in [0.15, 0.2) is 0 Å². The number of nitrogens with one attached hydrogen (secondary N) is 1. The molecule has 39 heavy (non-hydrogen) atoms. The van der Waals surface area contributed by atoms with Crippen LogP contribution in [-0.2, 0) is 28.3 Å². The average molecular weight is 571 g/mol. The number of amides is 2. The van der Waals surface area contributed by atoms with Gasteiger partial charge in [-0.2, -0.15) is 0 Å². The first kappa shape index (κ1) is 29.1. The number of carbonyl (C=O) groups is 2. The van der Waals surface area contributed by atoms with E-state index in [1.54, 1.807) is 29.2 Å². The average Bonchev–Trinajstić information content (AvgIpc) is 2.94. The standard InChI is InChI=1S/C31H33ClF2N2O2S/c32-27-12-7-13-28(34)26(27)20-39-21-30(37)36(19-23-14-16-24(33)17-15-23)29(18-22-8-3-1-4-9-22)31(38)35-25-10-5-2-6-11-25/h1,3-4,7-9,12-17,25,29H,2,5-6,10-11,18-21H2,(H,35,38)/t29-/m0/s1. The van der Waals surface area contributed by atoms with Crippen LogP contribution in [0.4, 0.5) is 8.78 Å². The van der Waals surface area contributed by atoms with Crippen LogP contribution in [0.3, 0.4) is 0 Å². The first-order valence-electron chi connectivity index (χ1n) is 13.3. The normalized spacial score (nSPS) is 14.5. The van der Waals surface area contributed by atoms with Crippen molar-refractivity contribution in [3.05, 3.63) is 106 Å². The van der Waals surface area contributed by atoms with Gasteiger partial charge in [-0.05, 0) is 48.2 Å². The van der Waals surface area contributed by atoms with Gasteiger partial charge in [0, 0.05) is 35.3 Å². The van der Waals surface area contributed by atoms with E-state index < -0.39 is 11.9 Å². The Morgan fingerprint density at radius 2 is 1.64 bits per heavy atom. The van der Waals surface area contributed by atoms with E-state index in [9.17, 15) is 18.4 Å². The summed E-state index contributed by atoms with van der Waals surface area (Å²) in [7, 11) is 0. The minimum atomic E-state index is -0.760. The van der Waals surface area contributed by atoms with E-state index in [0.29, 0.717) is 17.0 Å². The fourth-order valence-electron chi connectivity index (χ4n) is 4.88. The summed E-state index contributed by atoms with van der Waals surface area (Å²) >= 11 is 7.42. The third kappa shape index (κ3) is 8.54. The minimum Gasteiger partial charge on any atom is -0.352 e. The van der Waals surface area contributed by atoms with Crippen LogP contribution in [0.15, 0.2) is 72.8 Å². The Labute approximate surface area is 238 Å². The van der Waals surface area contributed by atoms with Crippen molar-refractivity contribution in [2.45, 2.75) is 62.9 Å². The van der Waals surface area contributed by atoms with Gasteiger partial charge in [-0.15, -0.1) is 11.8 Å². The fourth-order valence-corrected chi connectivity index (χ4v) is 6.13. The predicted molar refractivity (Wildman–Crippen MR) is 153 cm³/mol. The summed E-state index contributed by atoms with van der Waals surface area (Å²) < 4.78 is 27.9. The Kier molecular flexibility index (Phi) is 10.8. The molecule has 1 atom stereocenters. The molecule has 4 nitrogen and oxygen atoms in total. The SMILES string of the molecule is O=C(NC1CCCCC1)[C@H](Cc1ccccc1)N(Cc1ccc(F)cc1)C(=O)CSCc1c(F)cccc1Cl. The van der Waals surface area contributed by atoms with Crippen molar-refractivity contribution < 1.29 is 18.4 Å². The predicted octanol–water partition coefficient (Wildman–Crippen LogP) is 6.94. The molecule has 2 amide bonds. The van der Waals surface area contributed by atoms with Crippen molar-refractivity contribution >= 4 is 35.2 Å². The molecule has 206 valence electrons. The molecular weight excluding hydrogens is 538 g/mol. The zero-order chi connectivity index (χ0) is 27.6. The van der Waals surface area contributed by atoms with E-state index in [1.807, 2.05) is 30.3 Å². The second kappa shape index (κ2) is 14.5. The lowest BCUT2D eigenvalue weighted by atomic mass is 9.94. The topological polar surface area (TPSA) is 49.4 Å². The molecule has 0 spiro atoms. The van der Waals surface area contributed by atoms with Crippen LogP contribution in [0.2, 0.25) is 5.02 Å². The molecule has 8 heteroatoms. The number of benzene rings is 3. The van der Waals surface area contributed by atoms with E-state index in [-0.39, 0.29) is 41.7 Å². The number of hydrogen-bond donors (Lipinski definition) is 1. The van der Waals surface area contributed by atoms with Crippen LogP contribution in [0.1, 0.15) is 48.8 Å². The van der Waals surface area contributed by atoms with Gasteiger partial charge in [0.1, 0.15) is 17.7 Å². The lowest BCUT2D eigenvalue weighted by molar-refractivity contribution is -0.139. The molecule has 4 rings (SSSR count). The van der Waals surface area contributed by atoms with Crippen molar-refractivity contribution in [2.75, 3.05) is 5.75 Å². The molecule has 3 aromatic rings. The van der Waals surface area contributed by atoms with Crippen LogP contribution in [-0.4, -0.2) is 34.6 Å². The third-order valence-corrected chi connectivity index (χ3v) is 8.32. The number of halogens is 3. The maximum Gasteiger partial charge on any atom is 0.243 e. The van der Waals surface area contributed by atoms with Gasteiger partial charge in [-0.1, -0.05) is 79.4 Å². The van der Waals surface area contributed by atoms with Crippen LogP contribution in [0.25, 0.3) is 0 Å². The summed E-state index contributed by atoms with van der Waals surface area (Å²) in [6.45, 7) is 0.149. The zero-order valence-corrected chi connectivity index (χ0v) is 23.3. The van der Waals surface area contributed by atoms with E-state index >= 15 is 0 Å². The van der Waals surface area contributed by atoms with E-state index in [4.69, 9.17) is 11.6 Å². The lowest BCUT2D eigenvalue weighted by Gasteiger charge is -2.33. The highest BCUT2D eigenvalue weighted by Gasteiger charge is 2.32. The van der Waals surface area contributed by atoms with Gasteiger partial charge in [-0.3, -0.25) is 9.59 Å². The Morgan fingerprint density at radius 1 is 0.923 bits per heavy atom. The second-order valence-electron chi connectivity index (χ2n) is 9.89. The summed E-state index contributed by atoms with van der Waals surface area (Å²) in [6, 6.07) is 19.4. The molecule has 0 bridgehead atoms. The van der Waals surface area contributed by atoms with Crippen molar-refractivity contribution in [1.82, 2.24) is 10.2 Å². The Hall–Kier alpha value is -2.90. The van der Waals surface area contributed by atoms with Crippen molar-refractivity contribution in [3.63, 3.8) is 0 Å². The maximum atomic E-state index is 14.3. The molecule has 0 aliphatic heterocycles. The van der Waals surface area contributed by atoms with Crippen molar-refractivity contribution in [1.29, 1.82) is 0 Å². The molecule has 0 aromatic heterocycles. The van der Waals surface area contributed by atoms with Crippen LogP contribution in [0, 0.1) is 11.6 Å². The molecule has 0 radical (unpaired) electrons. The molecule has 1 saturated carbocycles. The summed E-state index contributed by atoms with van der Waals surface area (Å²) in [5.41, 5.74) is 2.00. The lowest BCUT2D eigenvalue weighted by Crippen LogP contribution is -2.53. The number of thioether (sulfide) groups is 1. The fraction of sp³-hybridized carbons (Fsp3) is 0.355. The van der Waals surface area contributed by atoms with Gasteiger partial charge >= 0.3 is 0 Å². The summed E-state index contributed by atoms with van der Waals surface area (Å²) in [5.74, 6) is -0.975. The number of rotatable bonds is 11. The molecule has 1 aliphatic carbocycles. The van der Waals surface area contributed by atoms with Crippen molar-refractivity contribution in [3.8, 4) is 0 Å². The van der Waals surface area contributed by atoms with Gasteiger partial charge in [0.05, 0.1) is 5.75 Å². The highest BCUT2D eigenvalue weighted by Crippen LogP contribution is 2.25. The number of carbonyl (C=O) groups excluding carboxylic acids is 2. The molecule has 0 heterocycles. The molecule has 0 unspecified atom stereocenters. The summed E-state index contributed by atoms with van der Waals surface area (Å²) in [6.07, 6.45) is 5.50. The van der Waals surface area contributed by atoms with E-state index in [1.165, 1.54) is 30.0 Å². The second-order valence-corrected chi connectivity index (χ2v) is 11.3. The molecule has 3 aromatic carbocycles. The maximum absolute atomic E-state index is 14.3. The highest BCUT2D eigenvalue weighted by atomic mass is 35.5. The Bertz CT molecular complexity index is 1220. The van der Waals surface area contributed by atoms with Crippen molar-refractivity contribution in [2.24, 2.45) is 0 Å². The smallest absolute Gasteiger partial charge is 0.243 e. The van der Waals surface area contributed by atoms with E-state index in [0.717, 1.165) is 43.2 Å². The van der Waals surface area contributed by atoms with Gasteiger partial charge in [0.25, 0.3) is 0 Å². The highest BCUT2D eigenvalue weighted by molar-refractivity contribution is 7.99. The third-order valence-electron chi connectivity index (χ3n) is 7.02. The van der Waals surface area contributed by atoms with Crippen LogP contribution >= 0.6 is 23.4 Å². The zero-order valence-electron chi connectivity index (χ0n) is 21.8. The Balaban J connectivity index is 1.57. The molecule has 1 aliphatic rings. The van der Waals surface area contributed by atoms with Gasteiger partial charge < -0.3 is 10.2 Å². The number of hydrogen-bond acceptors (Lipinski definition) is 3.